The van der Waals surface area contributed by atoms with Crippen LogP contribution in [0, 0.1) is 0 Å². The molecule has 4 aromatic rings. The quantitative estimate of drug-likeness (QED) is 0.241. The smallest absolute Gasteiger partial charge is 0.247 e. The molecule has 2 aliphatic rings. The number of pyridine rings is 1. The predicted octanol–water partition coefficient (Wildman–Crippen LogP) is 3.42. The summed E-state index contributed by atoms with van der Waals surface area (Å²) in [5, 5.41) is 3.86. The van der Waals surface area contributed by atoms with Crippen LogP contribution in [0.2, 0.25) is 0 Å². The second-order valence-corrected chi connectivity index (χ2v) is 10.9. The Morgan fingerprint density at radius 3 is 2.69 bits per heavy atom. The highest BCUT2D eigenvalue weighted by atomic mass is 35.5. The van der Waals surface area contributed by atoms with Gasteiger partial charge in [-0.25, -0.2) is 0 Å². The van der Waals surface area contributed by atoms with E-state index in [0.717, 1.165) is 25.3 Å². The first-order valence-corrected chi connectivity index (χ1v) is 13.8. The summed E-state index contributed by atoms with van der Waals surface area (Å²) in [4.78, 5) is 3.92. The molecule has 6 heteroatoms. The van der Waals surface area contributed by atoms with Crippen molar-refractivity contribution in [2.75, 3.05) is 23.7 Å². The molecule has 35 heavy (non-hydrogen) atoms. The molecule has 0 saturated carbocycles. The third-order valence-corrected chi connectivity index (χ3v) is 8.69. The van der Waals surface area contributed by atoms with E-state index in [1.54, 1.807) is 0 Å². The topological polar surface area (TPSA) is 33.1 Å². The molecule has 0 unspecified atom stereocenters. The maximum absolute atomic E-state index is 5.82. The third kappa shape index (κ3) is 4.58. The molecule has 0 saturated heterocycles. The fourth-order valence-electron chi connectivity index (χ4n) is 4.96. The van der Waals surface area contributed by atoms with E-state index in [1.807, 2.05) is 23.5 Å². The van der Waals surface area contributed by atoms with Crippen LogP contribution in [0.1, 0.15) is 24.0 Å². The summed E-state index contributed by atoms with van der Waals surface area (Å²) in [6.07, 6.45) is 5.80. The van der Waals surface area contributed by atoms with Gasteiger partial charge in [0.25, 0.3) is 0 Å². The summed E-state index contributed by atoms with van der Waals surface area (Å²) in [7, 11) is 0. The number of anilines is 1. The number of fused-ring (bicyclic) bond motifs is 1. The molecule has 178 valence electrons. The van der Waals surface area contributed by atoms with Crippen LogP contribution >= 0.6 is 23.5 Å². The molecular weight excluding hydrogens is 490 g/mol. The molecule has 0 radical (unpaired) electrons. The lowest BCUT2D eigenvalue weighted by atomic mass is 10.0. The lowest BCUT2D eigenvalue weighted by Gasteiger charge is -2.27. The SMILES string of the molecule is NCCCSc1cc(C=C2Sc3cccc4c3N2CCC4)c2ccccc2[n+]1-c1ccccc1.[Cl-]. The molecule has 0 atom stereocenters. The lowest BCUT2D eigenvalue weighted by molar-refractivity contribution is -0.608. The number of hydrogen-bond acceptors (Lipinski definition) is 4. The van der Waals surface area contributed by atoms with Crippen LogP contribution < -0.4 is 27.6 Å². The van der Waals surface area contributed by atoms with Gasteiger partial charge in [-0.1, -0.05) is 66.0 Å². The highest BCUT2D eigenvalue weighted by molar-refractivity contribution is 8.04. The van der Waals surface area contributed by atoms with E-state index in [0.29, 0.717) is 0 Å². The average molecular weight is 518 g/mol. The Balaban J connectivity index is 0.00000253. The van der Waals surface area contributed by atoms with Crippen LogP contribution in [0.25, 0.3) is 22.7 Å². The first-order valence-electron chi connectivity index (χ1n) is 12.0. The molecule has 3 aromatic carbocycles. The number of hydrogen-bond donors (Lipinski definition) is 1. The second kappa shape index (κ2) is 10.7. The number of thioether (sulfide) groups is 2. The summed E-state index contributed by atoms with van der Waals surface area (Å²) in [5.74, 6) is 1.01. The number of aryl methyl sites for hydroxylation is 1. The van der Waals surface area contributed by atoms with E-state index < -0.39 is 0 Å². The number of rotatable bonds is 6. The molecule has 3 nitrogen and oxygen atoms in total. The molecular formula is C29H28ClN3S2. The molecule has 0 spiro atoms. The number of nitrogens with two attached hydrogens (primary N) is 1. The van der Waals surface area contributed by atoms with E-state index in [4.69, 9.17) is 5.73 Å². The van der Waals surface area contributed by atoms with Gasteiger partial charge in [0.1, 0.15) is 0 Å². The Morgan fingerprint density at radius 2 is 1.83 bits per heavy atom. The number of halogens is 1. The Labute approximate surface area is 221 Å². The summed E-state index contributed by atoms with van der Waals surface area (Å²) < 4.78 is 2.40. The summed E-state index contributed by atoms with van der Waals surface area (Å²) in [5.41, 5.74) is 12.4. The zero-order chi connectivity index (χ0) is 22.9. The monoisotopic (exact) mass is 517 g/mol. The minimum atomic E-state index is 0. The molecule has 0 aliphatic carbocycles. The fraction of sp³-hybridized carbons (Fsp3) is 0.207. The van der Waals surface area contributed by atoms with Crippen molar-refractivity contribution in [1.82, 2.24) is 0 Å². The average Bonchev–Trinajstić information content (AvgIpc) is 3.24. The zero-order valence-electron chi connectivity index (χ0n) is 19.5. The molecule has 0 bridgehead atoms. The first-order chi connectivity index (χ1) is 16.8. The normalized spacial score (nSPS) is 15.3. The molecule has 6 rings (SSSR count). The Bertz CT molecular complexity index is 1390. The molecule has 0 fully saturated rings. The number of para-hydroxylation sites is 3. The third-order valence-electron chi connectivity index (χ3n) is 6.51. The number of nitrogens with zero attached hydrogens (tertiary/aromatic N) is 2. The molecule has 2 aliphatic heterocycles. The van der Waals surface area contributed by atoms with Gasteiger partial charge >= 0.3 is 0 Å². The van der Waals surface area contributed by atoms with Crippen LogP contribution in [0.5, 0.6) is 0 Å². The standard InChI is InChI=1S/C29H28N3S2.ClH/c30-16-8-18-33-28-20-22(19-27-31-17-7-10-21-9-6-15-26(34-27)29(21)31)24-13-4-5-14-25(24)32(28)23-11-2-1-3-12-23;/h1-6,9,11-15,19-20H,7-8,10,16-18,30H2;1H/q+1;/p-1. The summed E-state index contributed by atoms with van der Waals surface area (Å²) in [6, 6.07) is 28.6. The Hall–Kier alpha value is -2.44. The summed E-state index contributed by atoms with van der Waals surface area (Å²) in [6.45, 7) is 1.81. The molecule has 1 aromatic heterocycles. The maximum atomic E-state index is 5.82. The van der Waals surface area contributed by atoms with Gasteiger partial charge in [0.2, 0.25) is 16.2 Å². The van der Waals surface area contributed by atoms with Crippen LogP contribution in [-0.2, 0) is 6.42 Å². The van der Waals surface area contributed by atoms with E-state index >= 15 is 0 Å². The van der Waals surface area contributed by atoms with Crippen molar-refractivity contribution in [3.63, 3.8) is 0 Å². The van der Waals surface area contributed by atoms with Crippen LogP contribution in [0.3, 0.4) is 0 Å². The van der Waals surface area contributed by atoms with Crippen LogP contribution in [0.15, 0.2) is 93.8 Å². The van der Waals surface area contributed by atoms with Gasteiger partial charge < -0.3 is 23.0 Å². The highest BCUT2D eigenvalue weighted by Gasteiger charge is 2.30. The molecule has 3 heterocycles. The van der Waals surface area contributed by atoms with Gasteiger partial charge in [-0.05, 0) is 55.1 Å². The van der Waals surface area contributed by atoms with Gasteiger partial charge in [-0.2, -0.15) is 0 Å². The molecule has 2 N–H and O–H groups in total. The Kier molecular flexibility index (Phi) is 7.40. The first kappa shape index (κ1) is 24.3. The maximum Gasteiger partial charge on any atom is 0.247 e. The number of benzene rings is 3. The second-order valence-electron chi connectivity index (χ2n) is 8.72. The van der Waals surface area contributed by atoms with Crippen molar-refractivity contribution in [2.24, 2.45) is 5.73 Å². The number of aromatic nitrogens is 1. The Morgan fingerprint density at radius 1 is 1.00 bits per heavy atom. The van der Waals surface area contributed by atoms with Gasteiger partial charge in [-0.15, -0.1) is 4.57 Å². The largest absolute Gasteiger partial charge is 1.00 e. The summed E-state index contributed by atoms with van der Waals surface area (Å²) >= 11 is 3.81. The van der Waals surface area contributed by atoms with Gasteiger partial charge in [0.15, 0.2) is 0 Å². The van der Waals surface area contributed by atoms with E-state index in [2.05, 4.69) is 94.4 Å². The van der Waals surface area contributed by atoms with Crippen molar-refractivity contribution in [2.45, 2.75) is 29.2 Å². The van der Waals surface area contributed by atoms with Crippen molar-refractivity contribution in [1.29, 1.82) is 0 Å². The van der Waals surface area contributed by atoms with E-state index in [9.17, 15) is 0 Å². The fourth-order valence-corrected chi connectivity index (χ4v) is 7.21. The zero-order valence-corrected chi connectivity index (χ0v) is 21.9. The van der Waals surface area contributed by atoms with Gasteiger partial charge in [-0.3, -0.25) is 0 Å². The minimum Gasteiger partial charge on any atom is -1.00 e. The van der Waals surface area contributed by atoms with Crippen molar-refractivity contribution >= 4 is 46.2 Å². The van der Waals surface area contributed by atoms with E-state index in [1.165, 1.54) is 61.2 Å². The van der Waals surface area contributed by atoms with Gasteiger partial charge in [0, 0.05) is 41.5 Å². The minimum absolute atomic E-state index is 0. The van der Waals surface area contributed by atoms with Crippen LogP contribution in [-0.4, -0.2) is 18.8 Å². The van der Waals surface area contributed by atoms with Crippen molar-refractivity contribution < 1.29 is 17.0 Å². The lowest BCUT2D eigenvalue weighted by Crippen LogP contribution is -3.00. The van der Waals surface area contributed by atoms with E-state index in [-0.39, 0.29) is 12.4 Å². The highest BCUT2D eigenvalue weighted by Crippen LogP contribution is 2.50. The van der Waals surface area contributed by atoms with Crippen molar-refractivity contribution in [3.8, 4) is 5.69 Å². The van der Waals surface area contributed by atoms with Gasteiger partial charge in [0.05, 0.1) is 16.1 Å². The molecule has 0 amide bonds. The van der Waals surface area contributed by atoms with Crippen LogP contribution in [0.4, 0.5) is 5.69 Å². The van der Waals surface area contributed by atoms with Crippen molar-refractivity contribution in [3.05, 3.63) is 95.0 Å². The predicted molar refractivity (Wildman–Crippen MR) is 146 cm³/mol.